The number of halogens is 1. The molecule has 0 fully saturated rings. The second-order valence-electron chi connectivity index (χ2n) is 6.60. The molecule has 0 spiro atoms. The van der Waals surface area contributed by atoms with Gasteiger partial charge in [0.25, 0.3) is 0 Å². The van der Waals surface area contributed by atoms with Crippen LogP contribution in [0.4, 0.5) is 5.69 Å². The lowest BCUT2D eigenvalue weighted by Crippen LogP contribution is -2.47. The third kappa shape index (κ3) is 5.06. The van der Waals surface area contributed by atoms with Crippen molar-refractivity contribution in [3.63, 3.8) is 0 Å². The predicted molar refractivity (Wildman–Crippen MR) is 105 cm³/mol. The smallest absolute Gasteiger partial charge is 0.242 e. The Balaban J connectivity index is 2.24. The standard InChI is InChI=1S/C19H23ClN2O3S/c1-12(2)18(19(23)21-17-11-13(3)5-6-14(17)4)22-26(24,25)16-9-7-15(20)8-10-16/h5-12,18,22H,1-4H3,(H,21,23)/t18-/m0/s1. The minimum Gasteiger partial charge on any atom is -0.324 e. The highest BCUT2D eigenvalue weighted by Crippen LogP contribution is 2.19. The molecule has 2 rings (SSSR count). The molecule has 1 amide bonds. The van der Waals surface area contributed by atoms with Gasteiger partial charge >= 0.3 is 0 Å². The Bertz CT molecular complexity index is 894. The molecule has 26 heavy (non-hydrogen) atoms. The molecule has 2 N–H and O–H groups in total. The number of benzene rings is 2. The van der Waals surface area contributed by atoms with E-state index in [0.29, 0.717) is 10.7 Å². The molecule has 5 nitrogen and oxygen atoms in total. The number of anilines is 1. The van der Waals surface area contributed by atoms with E-state index in [4.69, 9.17) is 11.6 Å². The maximum atomic E-state index is 12.7. The predicted octanol–water partition coefficient (Wildman–Crippen LogP) is 3.90. The maximum absolute atomic E-state index is 12.7. The number of carbonyl (C=O) groups excluding carboxylic acids is 1. The Kier molecular flexibility index (Phi) is 6.44. The van der Waals surface area contributed by atoms with Gasteiger partial charge in [0.2, 0.25) is 15.9 Å². The van der Waals surface area contributed by atoms with Gasteiger partial charge in [-0.3, -0.25) is 4.79 Å². The highest BCUT2D eigenvalue weighted by molar-refractivity contribution is 7.89. The molecule has 0 aliphatic carbocycles. The van der Waals surface area contributed by atoms with Crippen molar-refractivity contribution >= 4 is 33.2 Å². The van der Waals surface area contributed by atoms with E-state index in [2.05, 4.69) is 10.0 Å². The largest absolute Gasteiger partial charge is 0.324 e. The molecule has 0 aromatic heterocycles. The summed E-state index contributed by atoms with van der Waals surface area (Å²) in [7, 11) is -3.85. The van der Waals surface area contributed by atoms with Crippen LogP contribution in [-0.2, 0) is 14.8 Å². The molecule has 7 heteroatoms. The van der Waals surface area contributed by atoms with E-state index in [1.165, 1.54) is 24.3 Å². The molecule has 2 aromatic rings. The molecule has 0 aliphatic rings. The van der Waals surface area contributed by atoms with Crippen LogP contribution in [0.3, 0.4) is 0 Å². The Morgan fingerprint density at radius 2 is 1.65 bits per heavy atom. The molecule has 1 atom stereocenters. The van der Waals surface area contributed by atoms with E-state index < -0.39 is 22.0 Å². The SMILES string of the molecule is Cc1ccc(C)c(NC(=O)[C@@H](NS(=O)(=O)c2ccc(Cl)cc2)C(C)C)c1. The van der Waals surface area contributed by atoms with Crippen molar-refractivity contribution in [2.75, 3.05) is 5.32 Å². The van der Waals surface area contributed by atoms with Gasteiger partial charge in [-0.1, -0.05) is 37.6 Å². The molecule has 0 bridgehead atoms. The van der Waals surface area contributed by atoms with Crippen LogP contribution in [0.1, 0.15) is 25.0 Å². The van der Waals surface area contributed by atoms with Gasteiger partial charge in [0.15, 0.2) is 0 Å². The summed E-state index contributed by atoms with van der Waals surface area (Å²) >= 11 is 5.81. The summed E-state index contributed by atoms with van der Waals surface area (Å²) < 4.78 is 27.7. The molecule has 0 heterocycles. The van der Waals surface area contributed by atoms with Gasteiger partial charge in [-0.15, -0.1) is 0 Å². The van der Waals surface area contributed by atoms with Crippen LogP contribution in [0, 0.1) is 19.8 Å². The van der Waals surface area contributed by atoms with Crippen LogP contribution in [0.2, 0.25) is 5.02 Å². The number of hydrogen-bond acceptors (Lipinski definition) is 3. The summed E-state index contributed by atoms with van der Waals surface area (Å²) in [5.41, 5.74) is 2.59. The maximum Gasteiger partial charge on any atom is 0.242 e. The molecule has 2 aromatic carbocycles. The van der Waals surface area contributed by atoms with Crippen LogP contribution in [-0.4, -0.2) is 20.4 Å². The first-order valence-corrected chi connectivity index (χ1v) is 10.1. The quantitative estimate of drug-likeness (QED) is 0.780. The number of nitrogens with one attached hydrogen (secondary N) is 2. The van der Waals surface area contributed by atoms with E-state index in [0.717, 1.165) is 11.1 Å². The fraction of sp³-hybridized carbons (Fsp3) is 0.316. The third-order valence-electron chi connectivity index (χ3n) is 4.01. The molecular weight excluding hydrogens is 372 g/mol. The fourth-order valence-corrected chi connectivity index (χ4v) is 3.89. The number of amides is 1. The molecule has 0 radical (unpaired) electrons. The number of rotatable bonds is 6. The van der Waals surface area contributed by atoms with Crippen LogP contribution < -0.4 is 10.0 Å². The van der Waals surface area contributed by atoms with Crippen molar-refractivity contribution in [2.45, 2.75) is 38.6 Å². The average molecular weight is 395 g/mol. The summed E-state index contributed by atoms with van der Waals surface area (Å²) in [5, 5.41) is 3.27. The first-order chi connectivity index (χ1) is 12.1. The van der Waals surface area contributed by atoms with Crippen molar-refractivity contribution in [3.05, 3.63) is 58.6 Å². The Hall–Kier alpha value is -1.89. The highest BCUT2D eigenvalue weighted by Gasteiger charge is 2.28. The van der Waals surface area contributed by atoms with Gasteiger partial charge in [0.05, 0.1) is 4.90 Å². The summed E-state index contributed by atoms with van der Waals surface area (Å²) in [6.07, 6.45) is 0. The number of hydrogen-bond donors (Lipinski definition) is 2. The minimum absolute atomic E-state index is 0.0621. The highest BCUT2D eigenvalue weighted by atomic mass is 35.5. The first kappa shape index (κ1) is 20.4. The lowest BCUT2D eigenvalue weighted by molar-refractivity contribution is -0.118. The Morgan fingerprint density at radius 3 is 2.23 bits per heavy atom. The first-order valence-electron chi connectivity index (χ1n) is 8.26. The second-order valence-corrected chi connectivity index (χ2v) is 8.75. The van der Waals surface area contributed by atoms with Gasteiger partial charge in [-0.2, -0.15) is 4.72 Å². The minimum atomic E-state index is -3.85. The van der Waals surface area contributed by atoms with Crippen molar-refractivity contribution in [1.29, 1.82) is 0 Å². The number of aryl methyl sites for hydroxylation is 2. The Labute approximate surface area is 159 Å². The lowest BCUT2D eigenvalue weighted by atomic mass is 10.0. The van der Waals surface area contributed by atoms with Crippen molar-refractivity contribution < 1.29 is 13.2 Å². The lowest BCUT2D eigenvalue weighted by Gasteiger charge is -2.22. The van der Waals surface area contributed by atoms with Gasteiger partial charge in [0.1, 0.15) is 6.04 Å². The summed E-state index contributed by atoms with van der Waals surface area (Å²) in [5.74, 6) is -0.631. The average Bonchev–Trinajstić information content (AvgIpc) is 2.56. The van der Waals surface area contributed by atoms with Gasteiger partial charge < -0.3 is 5.32 Å². The zero-order chi connectivity index (χ0) is 19.5. The van der Waals surface area contributed by atoms with E-state index in [9.17, 15) is 13.2 Å². The third-order valence-corrected chi connectivity index (χ3v) is 5.72. The molecule has 0 aliphatic heterocycles. The van der Waals surface area contributed by atoms with Gasteiger partial charge in [0, 0.05) is 10.7 Å². The Morgan fingerprint density at radius 1 is 1.04 bits per heavy atom. The van der Waals surface area contributed by atoms with E-state index in [1.807, 2.05) is 32.0 Å². The molecule has 0 saturated heterocycles. The topological polar surface area (TPSA) is 75.3 Å². The fourth-order valence-electron chi connectivity index (χ4n) is 2.42. The molecular formula is C19H23ClN2O3S. The molecule has 0 unspecified atom stereocenters. The van der Waals surface area contributed by atoms with E-state index in [1.54, 1.807) is 13.8 Å². The van der Waals surface area contributed by atoms with Gasteiger partial charge in [-0.25, -0.2) is 8.42 Å². The van der Waals surface area contributed by atoms with Crippen LogP contribution in [0.5, 0.6) is 0 Å². The molecule has 0 saturated carbocycles. The van der Waals surface area contributed by atoms with Crippen LogP contribution in [0.25, 0.3) is 0 Å². The number of carbonyl (C=O) groups is 1. The van der Waals surface area contributed by atoms with Crippen LogP contribution in [0.15, 0.2) is 47.4 Å². The van der Waals surface area contributed by atoms with E-state index >= 15 is 0 Å². The monoisotopic (exact) mass is 394 g/mol. The second kappa shape index (κ2) is 8.20. The number of sulfonamides is 1. The van der Waals surface area contributed by atoms with E-state index in [-0.39, 0.29) is 10.8 Å². The summed E-state index contributed by atoms with van der Waals surface area (Å²) in [6.45, 7) is 7.39. The molecule has 140 valence electrons. The van der Waals surface area contributed by atoms with Crippen LogP contribution >= 0.6 is 11.6 Å². The normalized spacial score (nSPS) is 12.8. The van der Waals surface area contributed by atoms with Gasteiger partial charge in [-0.05, 0) is 61.2 Å². The zero-order valence-electron chi connectivity index (χ0n) is 15.2. The van der Waals surface area contributed by atoms with Crippen molar-refractivity contribution in [3.8, 4) is 0 Å². The van der Waals surface area contributed by atoms with Crippen molar-refractivity contribution in [1.82, 2.24) is 4.72 Å². The summed E-state index contributed by atoms with van der Waals surface area (Å²) in [4.78, 5) is 12.8. The summed E-state index contributed by atoms with van der Waals surface area (Å²) in [6, 6.07) is 10.6. The van der Waals surface area contributed by atoms with Crippen molar-refractivity contribution in [2.24, 2.45) is 5.92 Å². The zero-order valence-corrected chi connectivity index (χ0v) is 16.8.